The number of aryl methyl sites for hydroxylation is 2. The van der Waals surface area contributed by atoms with Gasteiger partial charge in [-0.2, -0.15) is 0 Å². The molecular weight excluding hydrogens is 192 g/mol. The molecule has 0 aliphatic heterocycles. The van der Waals surface area contributed by atoms with Crippen molar-refractivity contribution in [3.05, 3.63) is 21.4 Å². The number of thiophene rings is 1. The number of carbonyl (C=O) groups excluding carboxylic acids is 1. The molecule has 2 heteroatoms. The maximum atomic E-state index is 12.0. The molecule has 1 rings (SSSR count). The molecule has 0 spiro atoms. The van der Waals surface area contributed by atoms with E-state index >= 15 is 0 Å². The Balaban J connectivity index is 2.88. The summed E-state index contributed by atoms with van der Waals surface area (Å²) in [6, 6.07) is 2.03. The Kier molecular flexibility index (Phi) is 3.87. The first-order valence-corrected chi connectivity index (χ1v) is 6.03. The average molecular weight is 210 g/mol. The van der Waals surface area contributed by atoms with Crippen molar-refractivity contribution in [2.75, 3.05) is 0 Å². The van der Waals surface area contributed by atoms with Crippen LogP contribution in [0, 0.1) is 19.8 Å². The Labute approximate surface area is 90.2 Å². The van der Waals surface area contributed by atoms with Gasteiger partial charge in [0.1, 0.15) is 0 Å². The normalized spacial score (nSPS) is 10.9. The summed E-state index contributed by atoms with van der Waals surface area (Å²) in [4.78, 5) is 14.2. The van der Waals surface area contributed by atoms with E-state index in [0.29, 0.717) is 5.78 Å². The fourth-order valence-corrected chi connectivity index (χ4v) is 2.61. The maximum absolute atomic E-state index is 12.0. The first-order chi connectivity index (χ1) is 6.60. The van der Waals surface area contributed by atoms with Crippen molar-refractivity contribution >= 4 is 17.1 Å². The molecule has 1 aromatic rings. The van der Waals surface area contributed by atoms with E-state index in [9.17, 15) is 4.79 Å². The summed E-state index contributed by atoms with van der Waals surface area (Å²) in [6.07, 6.45) is 1.90. The van der Waals surface area contributed by atoms with Gasteiger partial charge in [0.15, 0.2) is 5.78 Å². The topological polar surface area (TPSA) is 17.1 Å². The third-order valence-corrected chi connectivity index (χ3v) is 3.93. The first kappa shape index (κ1) is 11.4. The van der Waals surface area contributed by atoms with Gasteiger partial charge in [-0.15, -0.1) is 11.3 Å². The minimum Gasteiger partial charge on any atom is -0.293 e. The highest BCUT2D eigenvalue weighted by atomic mass is 32.1. The van der Waals surface area contributed by atoms with Gasteiger partial charge in [-0.1, -0.05) is 13.8 Å². The van der Waals surface area contributed by atoms with Gasteiger partial charge in [-0.25, -0.2) is 0 Å². The largest absolute Gasteiger partial charge is 0.293 e. The molecule has 1 heterocycles. The molecule has 0 aliphatic carbocycles. The van der Waals surface area contributed by atoms with Crippen molar-refractivity contribution < 1.29 is 4.79 Å². The number of Topliss-reactive ketones (excluding diaryl/α,β-unsaturated/α-hetero) is 1. The summed E-state index contributed by atoms with van der Waals surface area (Å²) >= 11 is 1.63. The monoisotopic (exact) mass is 210 g/mol. The molecule has 0 aliphatic rings. The number of carbonyl (C=O) groups is 1. The van der Waals surface area contributed by atoms with Crippen LogP contribution in [0.2, 0.25) is 0 Å². The molecule has 0 fully saturated rings. The number of hydrogen-bond acceptors (Lipinski definition) is 2. The summed E-state index contributed by atoms with van der Waals surface area (Å²) in [5.41, 5.74) is 1.24. The lowest BCUT2D eigenvalue weighted by atomic mass is 9.97. The van der Waals surface area contributed by atoms with Gasteiger partial charge in [-0.05, 0) is 38.3 Å². The second-order valence-corrected chi connectivity index (χ2v) is 4.98. The molecule has 0 amide bonds. The van der Waals surface area contributed by atoms with Crippen molar-refractivity contribution in [3.63, 3.8) is 0 Å². The zero-order valence-corrected chi connectivity index (χ0v) is 10.2. The van der Waals surface area contributed by atoms with Crippen LogP contribution in [0.5, 0.6) is 0 Å². The standard InChI is InChI=1S/C12H18OS/c1-5-10(6-2)12(13)11-7-8(3)9(4)14-11/h7,10H,5-6H2,1-4H3. The zero-order chi connectivity index (χ0) is 10.7. The van der Waals surface area contributed by atoms with Crippen LogP contribution >= 0.6 is 11.3 Å². The highest BCUT2D eigenvalue weighted by molar-refractivity contribution is 7.14. The second kappa shape index (κ2) is 4.74. The quantitative estimate of drug-likeness (QED) is 0.687. The van der Waals surface area contributed by atoms with Gasteiger partial charge in [-0.3, -0.25) is 4.79 Å². The molecule has 1 nitrogen and oxygen atoms in total. The lowest BCUT2D eigenvalue weighted by molar-refractivity contribution is 0.0917. The van der Waals surface area contributed by atoms with E-state index in [1.807, 2.05) is 6.07 Å². The van der Waals surface area contributed by atoms with Crippen LogP contribution in [0.3, 0.4) is 0 Å². The molecule has 0 radical (unpaired) electrons. The SMILES string of the molecule is CCC(CC)C(=O)c1cc(C)c(C)s1. The molecule has 0 unspecified atom stereocenters. The van der Waals surface area contributed by atoms with Gasteiger partial charge in [0, 0.05) is 10.8 Å². The lowest BCUT2D eigenvalue weighted by Crippen LogP contribution is -2.11. The first-order valence-electron chi connectivity index (χ1n) is 5.21. The number of ketones is 1. The molecule has 14 heavy (non-hydrogen) atoms. The third kappa shape index (κ3) is 2.24. The van der Waals surface area contributed by atoms with E-state index in [-0.39, 0.29) is 5.92 Å². The highest BCUT2D eigenvalue weighted by Crippen LogP contribution is 2.25. The second-order valence-electron chi connectivity index (χ2n) is 3.73. The van der Waals surface area contributed by atoms with E-state index in [1.54, 1.807) is 11.3 Å². The molecule has 0 atom stereocenters. The summed E-state index contributed by atoms with van der Waals surface area (Å²) in [7, 11) is 0. The van der Waals surface area contributed by atoms with Crippen LogP contribution < -0.4 is 0 Å². The van der Waals surface area contributed by atoms with Crippen molar-refractivity contribution in [1.29, 1.82) is 0 Å². The van der Waals surface area contributed by atoms with Crippen molar-refractivity contribution in [2.24, 2.45) is 5.92 Å². The Morgan fingerprint density at radius 2 is 1.93 bits per heavy atom. The fraction of sp³-hybridized carbons (Fsp3) is 0.583. The smallest absolute Gasteiger partial charge is 0.175 e. The van der Waals surface area contributed by atoms with Crippen molar-refractivity contribution in [3.8, 4) is 0 Å². The predicted octanol–water partition coefficient (Wildman–Crippen LogP) is 3.98. The van der Waals surface area contributed by atoms with Gasteiger partial charge < -0.3 is 0 Å². The van der Waals surface area contributed by atoms with Crippen molar-refractivity contribution in [2.45, 2.75) is 40.5 Å². The molecule has 0 N–H and O–H groups in total. The third-order valence-electron chi connectivity index (χ3n) is 2.77. The lowest BCUT2D eigenvalue weighted by Gasteiger charge is -2.08. The Bertz CT molecular complexity index is 302. The van der Waals surface area contributed by atoms with E-state index < -0.39 is 0 Å². The Morgan fingerprint density at radius 1 is 1.36 bits per heavy atom. The summed E-state index contributed by atoms with van der Waals surface area (Å²) < 4.78 is 0. The van der Waals surface area contributed by atoms with Gasteiger partial charge in [0.05, 0.1) is 4.88 Å². The minimum atomic E-state index is 0.215. The summed E-state index contributed by atoms with van der Waals surface area (Å²) in [6.45, 7) is 8.30. The van der Waals surface area contributed by atoms with Gasteiger partial charge >= 0.3 is 0 Å². The van der Waals surface area contributed by atoms with E-state index in [0.717, 1.165) is 17.7 Å². The van der Waals surface area contributed by atoms with E-state index in [1.165, 1.54) is 10.4 Å². The van der Waals surface area contributed by atoms with Crippen LogP contribution in [-0.2, 0) is 0 Å². The van der Waals surface area contributed by atoms with Crippen LogP contribution in [0.4, 0.5) is 0 Å². The summed E-state index contributed by atoms with van der Waals surface area (Å²) in [5.74, 6) is 0.545. The molecule has 1 aromatic heterocycles. The summed E-state index contributed by atoms with van der Waals surface area (Å²) in [5, 5.41) is 0. The molecule has 0 bridgehead atoms. The number of hydrogen-bond donors (Lipinski definition) is 0. The minimum absolute atomic E-state index is 0.215. The maximum Gasteiger partial charge on any atom is 0.175 e. The Morgan fingerprint density at radius 3 is 2.29 bits per heavy atom. The van der Waals surface area contributed by atoms with Gasteiger partial charge in [0.2, 0.25) is 0 Å². The molecule has 0 saturated heterocycles. The zero-order valence-electron chi connectivity index (χ0n) is 9.39. The highest BCUT2D eigenvalue weighted by Gasteiger charge is 2.18. The van der Waals surface area contributed by atoms with Gasteiger partial charge in [0.25, 0.3) is 0 Å². The van der Waals surface area contributed by atoms with E-state index in [4.69, 9.17) is 0 Å². The predicted molar refractivity (Wildman–Crippen MR) is 62.2 cm³/mol. The van der Waals surface area contributed by atoms with Crippen LogP contribution in [-0.4, -0.2) is 5.78 Å². The Hall–Kier alpha value is -0.630. The molecule has 0 aromatic carbocycles. The van der Waals surface area contributed by atoms with Crippen LogP contribution in [0.25, 0.3) is 0 Å². The molecular formula is C12H18OS. The average Bonchev–Trinajstić information content (AvgIpc) is 2.49. The molecule has 0 saturated carbocycles. The van der Waals surface area contributed by atoms with E-state index in [2.05, 4.69) is 27.7 Å². The molecule has 78 valence electrons. The van der Waals surface area contributed by atoms with Crippen molar-refractivity contribution in [1.82, 2.24) is 0 Å². The van der Waals surface area contributed by atoms with Crippen LogP contribution in [0.1, 0.15) is 46.8 Å². The number of rotatable bonds is 4. The van der Waals surface area contributed by atoms with Crippen LogP contribution in [0.15, 0.2) is 6.07 Å². The fourth-order valence-electron chi connectivity index (χ4n) is 1.56.